The summed E-state index contributed by atoms with van der Waals surface area (Å²) < 4.78 is 1.92. The summed E-state index contributed by atoms with van der Waals surface area (Å²) in [7, 11) is 0. The number of nitrogens with one attached hydrogen (secondary N) is 1. The fourth-order valence-electron chi connectivity index (χ4n) is 3.72. The van der Waals surface area contributed by atoms with Crippen LogP contribution in [-0.2, 0) is 6.54 Å². The smallest absolute Gasteiger partial charge is 0.158 e. The minimum atomic E-state index is 0.00179. The van der Waals surface area contributed by atoms with E-state index >= 15 is 0 Å². The third-order valence-corrected chi connectivity index (χ3v) is 5.29. The molecular formula is C24H22N6O2. The molecule has 2 aliphatic rings. The summed E-state index contributed by atoms with van der Waals surface area (Å²) in [5.41, 5.74) is 4.98. The maximum Gasteiger partial charge on any atom is 0.158 e. The lowest BCUT2D eigenvalue weighted by Crippen LogP contribution is -2.30. The van der Waals surface area contributed by atoms with Gasteiger partial charge in [-0.25, -0.2) is 15.0 Å². The highest BCUT2D eigenvalue weighted by Gasteiger charge is 2.22. The number of fused-ring (bicyclic) bond motifs is 1. The number of hydroxylamine groups is 2. The van der Waals surface area contributed by atoms with Crippen molar-refractivity contribution in [3.8, 4) is 17.2 Å². The predicted molar refractivity (Wildman–Crippen MR) is 121 cm³/mol. The average Bonchev–Trinajstić information content (AvgIpc) is 3.11. The van der Waals surface area contributed by atoms with E-state index in [0.717, 1.165) is 21.8 Å². The highest BCUT2D eigenvalue weighted by Crippen LogP contribution is 2.22. The summed E-state index contributed by atoms with van der Waals surface area (Å²) in [5.74, 6) is 0.0996. The van der Waals surface area contributed by atoms with Crippen molar-refractivity contribution in [2.45, 2.75) is 19.9 Å². The molecule has 8 nitrogen and oxygen atoms in total. The second kappa shape index (κ2) is 8.98. The lowest BCUT2D eigenvalue weighted by molar-refractivity contribution is 0.0105. The lowest BCUT2D eigenvalue weighted by atomic mass is 9.99. The van der Waals surface area contributed by atoms with Gasteiger partial charge in [0.2, 0.25) is 0 Å². The summed E-state index contributed by atoms with van der Waals surface area (Å²) in [6.45, 7) is 2.47. The fourth-order valence-corrected chi connectivity index (χ4v) is 3.72. The van der Waals surface area contributed by atoms with Crippen LogP contribution in [0.1, 0.15) is 17.5 Å². The Hall–Kier alpha value is -4.06. The Bertz CT molecular complexity index is 1340. The summed E-state index contributed by atoms with van der Waals surface area (Å²) in [4.78, 5) is 8.53. The summed E-state index contributed by atoms with van der Waals surface area (Å²) in [5, 5.41) is 39.0. The van der Waals surface area contributed by atoms with Crippen molar-refractivity contribution >= 4 is 18.3 Å². The fraction of sp³-hybridized carbons (Fsp3) is 0.167. The van der Waals surface area contributed by atoms with Gasteiger partial charge in [-0.2, -0.15) is 5.26 Å². The number of aryl methyl sites for hydroxylation is 1. The van der Waals surface area contributed by atoms with Crippen LogP contribution in [0, 0.1) is 23.7 Å². The molecule has 0 atom stereocenters. The minimum absolute atomic E-state index is 0.00179. The zero-order chi connectivity index (χ0) is 22.7. The molecule has 2 aliphatic heterocycles. The van der Waals surface area contributed by atoms with Crippen molar-refractivity contribution in [2.75, 3.05) is 6.61 Å². The third kappa shape index (κ3) is 3.95. The first kappa shape index (κ1) is 21.2. The molecule has 3 N–H and O–H groups in total. The molecule has 160 valence electrons. The van der Waals surface area contributed by atoms with Gasteiger partial charge in [-0.1, -0.05) is 29.8 Å². The lowest BCUT2D eigenvalue weighted by Gasteiger charge is -2.11. The molecule has 1 aromatic carbocycles. The van der Waals surface area contributed by atoms with E-state index in [0.29, 0.717) is 40.5 Å². The van der Waals surface area contributed by atoms with Crippen LogP contribution in [0.4, 0.5) is 0 Å². The normalized spacial score (nSPS) is 15.1. The molecule has 0 saturated heterocycles. The van der Waals surface area contributed by atoms with Crippen LogP contribution < -0.4 is 10.8 Å². The van der Waals surface area contributed by atoms with E-state index in [4.69, 9.17) is 5.41 Å². The van der Waals surface area contributed by atoms with Crippen LogP contribution in [0.2, 0.25) is 0 Å². The average molecular weight is 426 g/mol. The number of aliphatic hydroxyl groups excluding tert-OH is 1. The summed E-state index contributed by atoms with van der Waals surface area (Å²) in [6.07, 6.45) is 9.83. The van der Waals surface area contributed by atoms with Crippen molar-refractivity contribution in [3.63, 3.8) is 0 Å². The van der Waals surface area contributed by atoms with Gasteiger partial charge in [-0.3, -0.25) is 10.6 Å². The maximum atomic E-state index is 9.90. The molecule has 0 spiro atoms. The standard InChI is InChI=1S/C24H22N6O2/c1-16-3-5-18(6-4-16)21-20(13-19(14-25)17-7-10-29(32)11-8-17)30(9-2-12-31)24-22(21)23(26)27-15-28-24/h3-8,10-11,13,15,26,31-32H,2,9,12H2,1H3/b20-13-,26-23?. The number of nitriles is 1. The van der Waals surface area contributed by atoms with Gasteiger partial charge >= 0.3 is 0 Å². The van der Waals surface area contributed by atoms with Crippen LogP contribution in [0.15, 0.2) is 69.9 Å². The first-order valence-electron chi connectivity index (χ1n) is 10.1. The highest BCUT2D eigenvalue weighted by molar-refractivity contribution is 6.07. The minimum Gasteiger partial charge on any atom is -0.396 e. The molecule has 0 amide bonds. The Labute approximate surface area is 184 Å². The number of amidine groups is 1. The molecule has 8 heteroatoms. The molecule has 0 saturated carbocycles. The van der Waals surface area contributed by atoms with E-state index in [-0.39, 0.29) is 12.4 Å². The number of nitrogens with zero attached hydrogens (tertiary/aromatic N) is 5. The Balaban J connectivity index is 2.08. The van der Waals surface area contributed by atoms with Gasteiger partial charge in [0.05, 0.1) is 22.6 Å². The zero-order valence-electron chi connectivity index (χ0n) is 17.5. The Kier molecular flexibility index (Phi) is 5.94. The Morgan fingerprint density at radius 3 is 2.56 bits per heavy atom. The van der Waals surface area contributed by atoms with Gasteiger partial charge in [0, 0.05) is 31.1 Å². The quantitative estimate of drug-likeness (QED) is 0.635. The van der Waals surface area contributed by atoms with Crippen LogP contribution >= 0.6 is 0 Å². The van der Waals surface area contributed by atoms with Gasteiger partial charge in [-0.05, 0) is 42.7 Å². The number of aliphatic hydroxyl groups is 1. The monoisotopic (exact) mass is 426 g/mol. The first-order valence-corrected chi connectivity index (χ1v) is 10.1. The van der Waals surface area contributed by atoms with Gasteiger partial charge in [0.1, 0.15) is 11.8 Å². The molecule has 0 aliphatic carbocycles. The van der Waals surface area contributed by atoms with Crippen LogP contribution in [-0.4, -0.2) is 38.7 Å². The second-order valence-electron chi connectivity index (χ2n) is 7.41. The first-order chi connectivity index (χ1) is 15.5. The van der Waals surface area contributed by atoms with Crippen LogP contribution in [0.5, 0.6) is 0 Å². The van der Waals surface area contributed by atoms with Crippen molar-refractivity contribution in [1.29, 1.82) is 10.7 Å². The number of hydrogen-bond donors (Lipinski definition) is 3. The van der Waals surface area contributed by atoms with Crippen molar-refractivity contribution in [1.82, 2.24) is 9.63 Å². The highest BCUT2D eigenvalue weighted by atomic mass is 16.5. The van der Waals surface area contributed by atoms with Gasteiger partial charge in [0.25, 0.3) is 0 Å². The van der Waals surface area contributed by atoms with Gasteiger partial charge in [-0.15, -0.1) is 0 Å². The van der Waals surface area contributed by atoms with Gasteiger partial charge < -0.3 is 9.67 Å². The largest absolute Gasteiger partial charge is 0.396 e. The van der Waals surface area contributed by atoms with E-state index < -0.39 is 0 Å². The molecule has 0 bridgehead atoms. The summed E-state index contributed by atoms with van der Waals surface area (Å²) >= 11 is 0. The number of hydrogen-bond acceptors (Lipinski definition) is 6. The molecular weight excluding hydrogens is 404 g/mol. The molecule has 0 fully saturated rings. The number of aromatic nitrogens is 1. The van der Waals surface area contributed by atoms with E-state index in [1.807, 2.05) is 35.8 Å². The zero-order valence-corrected chi connectivity index (χ0v) is 17.5. The molecule has 1 aromatic heterocycles. The predicted octanol–water partition coefficient (Wildman–Crippen LogP) is 2.17. The van der Waals surface area contributed by atoms with E-state index in [1.165, 1.54) is 18.7 Å². The molecule has 0 radical (unpaired) electrons. The van der Waals surface area contributed by atoms with Crippen molar-refractivity contribution in [3.05, 3.63) is 81.9 Å². The van der Waals surface area contributed by atoms with Crippen LogP contribution in [0.3, 0.4) is 0 Å². The number of benzene rings is 1. The Morgan fingerprint density at radius 1 is 1.19 bits per heavy atom. The molecule has 32 heavy (non-hydrogen) atoms. The van der Waals surface area contributed by atoms with E-state index in [1.54, 1.807) is 18.2 Å². The topological polar surface area (TPSA) is 121 Å². The second-order valence-corrected chi connectivity index (χ2v) is 7.41. The van der Waals surface area contributed by atoms with Crippen molar-refractivity contribution in [2.24, 2.45) is 9.98 Å². The Morgan fingerprint density at radius 2 is 1.91 bits per heavy atom. The van der Waals surface area contributed by atoms with E-state index in [9.17, 15) is 15.6 Å². The number of rotatable bonds is 5. The number of aliphatic imine (C=N–C) groups is 1. The third-order valence-electron chi connectivity index (χ3n) is 5.29. The maximum absolute atomic E-state index is 9.90. The van der Waals surface area contributed by atoms with Crippen molar-refractivity contribution < 1.29 is 10.3 Å². The molecule has 2 aromatic rings. The van der Waals surface area contributed by atoms with E-state index in [2.05, 4.69) is 16.1 Å². The molecule has 4 rings (SSSR count). The molecule has 0 unspecified atom stereocenters. The SMILES string of the molecule is Cc1ccc(-c2c3c(n(CCCO)/c2=C\C(C#N)=C2C=CN(O)C=C2)=NC=NC3=N)cc1. The summed E-state index contributed by atoms with van der Waals surface area (Å²) in [6, 6.07) is 10.2. The molecule has 3 heterocycles. The number of allylic oxidation sites excluding steroid dienone is 4. The van der Waals surface area contributed by atoms with Gasteiger partial charge in [0.15, 0.2) is 5.84 Å². The van der Waals surface area contributed by atoms with Crippen LogP contribution in [0.25, 0.3) is 17.2 Å².